The van der Waals surface area contributed by atoms with Gasteiger partial charge in [-0.3, -0.25) is 4.90 Å². The van der Waals surface area contributed by atoms with Crippen LogP contribution in [-0.4, -0.2) is 54.6 Å². The van der Waals surface area contributed by atoms with Crippen LogP contribution in [0.25, 0.3) is 0 Å². The molecule has 1 aliphatic rings. The number of nitrogens with one attached hydrogen (secondary N) is 1. The number of hydrogen-bond donors (Lipinski definition) is 1. The van der Waals surface area contributed by atoms with Crippen molar-refractivity contribution in [3.8, 4) is 0 Å². The van der Waals surface area contributed by atoms with Gasteiger partial charge in [-0.2, -0.15) is 4.98 Å². The van der Waals surface area contributed by atoms with Crippen molar-refractivity contribution in [3.05, 3.63) is 11.2 Å². The number of piperazine rings is 1. The van der Waals surface area contributed by atoms with Crippen LogP contribution in [0.2, 0.25) is 5.02 Å². The second kappa shape index (κ2) is 5.71. The fourth-order valence-corrected chi connectivity index (χ4v) is 2.49. The van der Waals surface area contributed by atoms with E-state index in [0.29, 0.717) is 17.0 Å². The topological polar surface area (TPSA) is 44.3 Å². The van der Waals surface area contributed by atoms with Crippen molar-refractivity contribution in [1.29, 1.82) is 0 Å². The maximum absolute atomic E-state index is 6.21. The number of anilines is 2. The Balaban J connectivity index is 2.20. The van der Waals surface area contributed by atoms with E-state index in [1.165, 1.54) is 0 Å². The molecular weight excluding hydrogens is 250 g/mol. The summed E-state index contributed by atoms with van der Waals surface area (Å²) in [7, 11) is 3.98. The first kappa shape index (κ1) is 13.4. The number of aromatic nitrogens is 2. The number of halogens is 1. The van der Waals surface area contributed by atoms with E-state index in [1.807, 2.05) is 7.05 Å². The molecule has 1 aromatic heterocycles. The van der Waals surface area contributed by atoms with Gasteiger partial charge in [0.05, 0.1) is 6.20 Å². The Bertz CT molecular complexity index is 411. The zero-order valence-corrected chi connectivity index (χ0v) is 11.9. The normalized spacial score (nSPS) is 21.1. The van der Waals surface area contributed by atoms with Gasteiger partial charge in [0, 0.05) is 32.7 Å². The predicted molar refractivity (Wildman–Crippen MR) is 75.5 cm³/mol. The highest BCUT2D eigenvalue weighted by atomic mass is 35.5. The first-order valence-electron chi connectivity index (χ1n) is 6.31. The zero-order chi connectivity index (χ0) is 13.1. The molecule has 0 bridgehead atoms. The zero-order valence-electron chi connectivity index (χ0n) is 11.1. The minimum absolute atomic E-state index is 0.558. The van der Waals surface area contributed by atoms with E-state index in [9.17, 15) is 0 Å². The van der Waals surface area contributed by atoms with E-state index in [1.54, 1.807) is 6.20 Å². The van der Waals surface area contributed by atoms with Gasteiger partial charge in [-0.1, -0.05) is 18.5 Å². The van der Waals surface area contributed by atoms with Crippen molar-refractivity contribution in [2.45, 2.75) is 19.4 Å². The Morgan fingerprint density at radius 2 is 2.28 bits per heavy atom. The highest BCUT2D eigenvalue weighted by molar-refractivity contribution is 6.32. The molecule has 0 spiro atoms. The van der Waals surface area contributed by atoms with E-state index in [-0.39, 0.29) is 0 Å². The molecule has 5 nitrogen and oxygen atoms in total. The summed E-state index contributed by atoms with van der Waals surface area (Å²) in [5.41, 5.74) is 0. The molecule has 1 N–H and O–H groups in total. The fourth-order valence-electron chi connectivity index (χ4n) is 2.28. The van der Waals surface area contributed by atoms with Crippen molar-refractivity contribution in [3.63, 3.8) is 0 Å². The smallest absolute Gasteiger partial charge is 0.224 e. The standard InChI is InChI=1S/C12H20ClN5/c1-4-9-8-18(6-5-17(9)3)11-10(13)7-15-12(14-2)16-11/h7,9H,4-6,8H2,1-3H3,(H,14,15,16). The third-order valence-electron chi connectivity index (χ3n) is 3.50. The summed E-state index contributed by atoms with van der Waals surface area (Å²) >= 11 is 6.21. The van der Waals surface area contributed by atoms with E-state index in [4.69, 9.17) is 11.6 Å². The van der Waals surface area contributed by atoms with Crippen molar-refractivity contribution in [2.75, 3.05) is 43.9 Å². The number of rotatable bonds is 3. The number of hydrogen-bond acceptors (Lipinski definition) is 5. The molecule has 0 aromatic carbocycles. The molecule has 1 saturated heterocycles. The molecule has 6 heteroatoms. The van der Waals surface area contributed by atoms with Gasteiger partial charge >= 0.3 is 0 Å². The second-order valence-corrected chi connectivity index (χ2v) is 5.01. The van der Waals surface area contributed by atoms with Gasteiger partial charge in [0.2, 0.25) is 5.95 Å². The fraction of sp³-hybridized carbons (Fsp3) is 0.667. The Kier molecular flexibility index (Phi) is 4.24. The molecule has 0 aliphatic carbocycles. The van der Waals surface area contributed by atoms with E-state index >= 15 is 0 Å². The average molecular weight is 270 g/mol. The molecule has 100 valence electrons. The van der Waals surface area contributed by atoms with Crippen LogP contribution < -0.4 is 10.2 Å². The first-order chi connectivity index (χ1) is 8.65. The lowest BCUT2D eigenvalue weighted by atomic mass is 10.1. The van der Waals surface area contributed by atoms with Gasteiger partial charge in [0.15, 0.2) is 5.82 Å². The minimum atomic E-state index is 0.558. The first-order valence-corrected chi connectivity index (χ1v) is 6.69. The van der Waals surface area contributed by atoms with Gasteiger partial charge in [0.25, 0.3) is 0 Å². The van der Waals surface area contributed by atoms with Crippen LogP contribution in [0.4, 0.5) is 11.8 Å². The van der Waals surface area contributed by atoms with E-state index < -0.39 is 0 Å². The molecular formula is C12H20ClN5. The van der Waals surface area contributed by atoms with Gasteiger partial charge in [-0.15, -0.1) is 0 Å². The molecule has 0 saturated carbocycles. The quantitative estimate of drug-likeness (QED) is 0.905. The van der Waals surface area contributed by atoms with Crippen molar-refractivity contribution in [1.82, 2.24) is 14.9 Å². The monoisotopic (exact) mass is 269 g/mol. The van der Waals surface area contributed by atoms with Crippen LogP contribution in [-0.2, 0) is 0 Å². The molecule has 18 heavy (non-hydrogen) atoms. The Hall–Kier alpha value is -1.07. The van der Waals surface area contributed by atoms with Crippen LogP contribution in [0.5, 0.6) is 0 Å². The summed E-state index contributed by atoms with van der Waals surface area (Å²) in [5.74, 6) is 1.45. The SMILES string of the molecule is CCC1CN(c2nc(NC)ncc2Cl)CCN1C. The van der Waals surface area contributed by atoms with Crippen LogP contribution >= 0.6 is 11.6 Å². The molecule has 1 aromatic rings. The van der Waals surface area contributed by atoms with Crippen LogP contribution in [0.15, 0.2) is 6.20 Å². The van der Waals surface area contributed by atoms with Gasteiger partial charge in [-0.25, -0.2) is 4.98 Å². The molecule has 0 amide bonds. The Morgan fingerprint density at radius 3 is 2.94 bits per heavy atom. The lowest BCUT2D eigenvalue weighted by molar-refractivity contribution is 0.213. The van der Waals surface area contributed by atoms with Crippen molar-refractivity contribution >= 4 is 23.4 Å². The molecule has 1 aliphatic heterocycles. The summed E-state index contributed by atoms with van der Waals surface area (Å²) in [6.45, 7) is 5.17. The summed E-state index contributed by atoms with van der Waals surface area (Å²) in [5, 5.41) is 3.57. The lowest BCUT2D eigenvalue weighted by Crippen LogP contribution is -2.51. The molecule has 0 radical (unpaired) electrons. The summed E-state index contributed by atoms with van der Waals surface area (Å²) in [6, 6.07) is 0.558. The van der Waals surface area contributed by atoms with Crippen molar-refractivity contribution < 1.29 is 0 Å². The molecule has 1 atom stereocenters. The lowest BCUT2D eigenvalue weighted by Gasteiger charge is -2.39. The third kappa shape index (κ3) is 2.67. The number of likely N-dealkylation sites (N-methyl/N-ethyl adjacent to an activating group) is 1. The predicted octanol–water partition coefficient (Wildman–Crippen LogP) is 1.70. The maximum atomic E-state index is 6.21. The summed E-state index contributed by atoms with van der Waals surface area (Å²) in [6.07, 6.45) is 2.80. The van der Waals surface area contributed by atoms with Crippen LogP contribution in [0, 0.1) is 0 Å². The van der Waals surface area contributed by atoms with Crippen molar-refractivity contribution in [2.24, 2.45) is 0 Å². The summed E-state index contributed by atoms with van der Waals surface area (Å²) in [4.78, 5) is 13.2. The average Bonchev–Trinajstić information content (AvgIpc) is 2.40. The highest BCUT2D eigenvalue weighted by Crippen LogP contribution is 2.26. The van der Waals surface area contributed by atoms with Crippen LogP contribution in [0.3, 0.4) is 0 Å². The van der Waals surface area contributed by atoms with Crippen LogP contribution in [0.1, 0.15) is 13.3 Å². The molecule has 2 rings (SSSR count). The molecule has 1 fully saturated rings. The molecule has 2 heterocycles. The Labute approximate surface area is 113 Å². The van der Waals surface area contributed by atoms with E-state index in [0.717, 1.165) is 31.9 Å². The van der Waals surface area contributed by atoms with E-state index in [2.05, 4.69) is 39.1 Å². The summed E-state index contributed by atoms with van der Waals surface area (Å²) < 4.78 is 0. The number of nitrogens with zero attached hydrogens (tertiary/aromatic N) is 4. The highest BCUT2D eigenvalue weighted by Gasteiger charge is 2.25. The van der Waals surface area contributed by atoms with Gasteiger partial charge in [-0.05, 0) is 13.5 Å². The Morgan fingerprint density at radius 1 is 1.50 bits per heavy atom. The van der Waals surface area contributed by atoms with Gasteiger partial charge in [0.1, 0.15) is 5.02 Å². The third-order valence-corrected chi connectivity index (χ3v) is 3.76. The molecule has 1 unspecified atom stereocenters. The maximum Gasteiger partial charge on any atom is 0.224 e. The largest absolute Gasteiger partial charge is 0.357 e. The minimum Gasteiger partial charge on any atom is -0.357 e. The van der Waals surface area contributed by atoms with Gasteiger partial charge < -0.3 is 10.2 Å². The second-order valence-electron chi connectivity index (χ2n) is 4.60.